The van der Waals surface area contributed by atoms with Gasteiger partial charge in [-0.1, -0.05) is 57.0 Å². The summed E-state index contributed by atoms with van der Waals surface area (Å²) in [7, 11) is 0. The van der Waals surface area contributed by atoms with E-state index < -0.39 is 0 Å². The number of aryl methyl sites for hydroxylation is 2. The molecule has 0 amide bonds. The number of hydrogen-bond donors (Lipinski definition) is 0. The summed E-state index contributed by atoms with van der Waals surface area (Å²) < 4.78 is 4.62. The minimum Gasteiger partial charge on any atom is -1.00 e. The third kappa shape index (κ3) is 6.24. The first-order valence-corrected chi connectivity index (χ1v) is 11.7. The summed E-state index contributed by atoms with van der Waals surface area (Å²) in [6, 6.07) is 22.9. The molecule has 0 bridgehead atoms. The van der Waals surface area contributed by atoms with E-state index in [1.165, 1.54) is 11.0 Å². The van der Waals surface area contributed by atoms with E-state index >= 15 is 0 Å². The molecule has 0 N–H and O–H groups in total. The number of hydrogen-bond acceptors (Lipinski definition) is 3. The molecule has 0 aliphatic carbocycles. The molecule has 5 aromatic rings. The van der Waals surface area contributed by atoms with Gasteiger partial charge in [0.25, 0.3) is 0 Å². The van der Waals surface area contributed by atoms with E-state index in [4.69, 9.17) is 15.0 Å². The van der Waals surface area contributed by atoms with Gasteiger partial charge in [0.05, 0.1) is 22.1 Å². The van der Waals surface area contributed by atoms with Crippen LogP contribution in [0.3, 0.4) is 0 Å². The van der Waals surface area contributed by atoms with Gasteiger partial charge < -0.3 is 46.4 Å². The molecule has 36 heavy (non-hydrogen) atoms. The molecule has 0 unspecified atom stereocenters. The van der Waals surface area contributed by atoms with Gasteiger partial charge in [-0.15, -0.1) is 0 Å². The first-order valence-electron chi connectivity index (χ1n) is 11.7. The summed E-state index contributed by atoms with van der Waals surface area (Å²) in [5.74, 6) is 1.86. The van der Waals surface area contributed by atoms with Crippen molar-refractivity contribution in [3.05, 3.63) is 66.7 Å². The van der Waals surface area contributed by atoms with Crippen LogP contribution >= 0.6 is 0 Å². The third-order valence-electron chi connectivity index (χ3n) is 5.99. The Morgan fingerprint density at radius 3 is 1.39 bits per heavy atom. The Morgan fingerprint density at radius 2 is 0.972 bits per heavy atom. The fourth-order valence-electron chi connectivity index (χ4n) is 4.31. The first kappa shape index (κ1) is 31.9. The van der Waals surface area contributed by atoms with E-state index in [0.29, 0.717) is 0 Å². The van der Waals surface area contributed by atoms with Crippen LogP contribution in [0.4, 0.5) is 0 Å². The van der Waals surface area contributed by atoms with Crippen molar-refractivity contribution in [3.8, 4) is 23.0 Å². The van der Waals surface area contributed by atoms with Crippen LogP contribution in [0.5, 0.6) is 0 Å². The molecule has 191 valence electrons. The Bertz CT molecular complexity index is 1280. The quantitative estimate of drug-likeness (QED) is 0.193. The van der Waals surface area contributed by atoms with Crippen LogP contribution in [0, 0.1) is 0 Å². The molecule has 0 aliphatic rings. The minimum atomic E-state index is 0. The summed E-state index contributed by atoms with van der Waals surface area (Å²) in [5.41, 5.74) is 6.14. The Labute approximate surface area is 241 Å². The van der Waals surface area contributed by atoms with Crippen molar-refractivity contribution in [1.82, 2.24) is 24.1 Å². The number of halogens is 3. The predicted octanol–water partition coefficient (Wildman–Crippen LogP) is -2.28. The van der Waals surface area contributed by atoms with E-state index in [1.54, 1.807) is 0 Å². The smallest absolute Gasteiger partial charge is 1.00 e. The third-order valence-corrected chi connectivity index (χ3v) is 5.99. The van der Waals surface area contributed by atoms with Crippen LogP contribution in [0.15, 0.2) is 66.7 Å². The number of rotatable bonds is 8. The second-order valence-electron chi connectivity index (χ2n) is 8.27. The van der Waals surface area contributed by atoms with Gasteiger partial charge >= 0.3 is 17.1 Å². The van der Waals surface area contributed by atoms with Crippen molar-refractivity contribution in [2.45, 2.75) is 52.6 Å². The fourth-order valence-corrected chi connectivity index (χ4v) is 4.31. The number of para-hydroxylation sites is 4. The van der Waals surface area contributed by atoms with Crippen molar-refractivity contribution >= 4 is 22.1 Å². The summed E-state index contributed by atoms with van der Waals surface area (Å²) in [6.45, 7) is 6.32. The summed E-state index contributed by atoms with van der Waals surface area (Å²) >= 11 is 0. The summed E-state index contributed by atoms with van der Waals surface area (Å²) in [4.78, 5) is 15.0. The zero-order chi connectivity index (χ0) is 21.9. The molecule has 0 fully saturated rings. The van der Waals surface area contributed by atoms with Gasteiger partial charge in [-0.2, -0.15) is 0 Å². The van der Waals surface area contributed by atoms with Gasteiger partial charge in [0.1, 0.15) is 11.4 Å². The molecule has 0 spiro atoms. The average Bonchev–Trinajstić information content (AvgIpc) is 3.40. The van der Waals surface area contributed by atoms with Crippen LogP contribution in [0.2, 0.25) is 0 Å². The van der Waals surface area contributed by atoms with Gasteiger partial charge in [-0.05, 0) is 49.2 Å². The number of unbranched alkanes of at least 4 members (excludes halogenated alkanes) is 2. The van der Waals surface area contributed by atoms with Crippen LogP contribution < -0.4 is 37.2 Å². The molecular formula is C27H29Cl3FeN5. The van der Waals surface area contributed by atoms with Crippen molar-refractivity contribution in [2.75, 3.05) is 0 Å². The fraction of sp³-hybridized carbons (Fsp3) is 0.296. The zero-order valence-electron chi connectivity index (χ0n) is 20.3. The van der Waals surface area contributed by atoms with Crippen molar-refractivity contribution < 1.29 is 54.3 Å². The van der Waals surface area contributed by atoms with Crippen molar-refractivity contribution in [1.29, 1.82) is 0 Å². The Morgan fingerprint density at radius 1 is 0.556 bits per heavy atom. The van der Waals surface area contributed by atoms with Gasteiger partial charge in [-0.25, -0.2) is 15.0 Å². The Hall–Kier alpha value is -2.08. The molecule has 0 saturated heterocycles. The second-order valence-corrected chi connectivity index (χ2v) is 8.27. The standard InChI is InChI=1S/C27H29N5.3ClH.Fe/c1-3-5-18-31-24-16-9-7-12-20(24)29-26(31)22-14-11-15-23(28-22)27-30-21-13-8-10-17-25(21)32(27)19-6-4-2;;;;/h7-17H,3-6,18-19H2,1-2H3;3*1H;/q;;;;+3/p-3. The predicted molar refractivity (Wildman–Crippen MR) is 132 cm³/mol. The number of nitrogens with zero attached hydrogens (tertiary/aromatic N) is 5. The molecule has 0 atom stereocenters. The average molecular weight is 586 g/mol. The first-order chi connectivity index (χ1) is 15.8. The van der Waals surface area contributed by atoms with Gasteiger partial charge in [0, 0.05) is 13.1 Å². The van der Waals surface area contributed by atoms with Gasteiger partial charge in [0.2, 0.25) is 0 Å². The molecule has 5 rings (SSSR count). The number of fused-ring (bicyclic) bond motifs is 2. The molecule has 0 saturated carbocycles. The Kier molecular flexibility index (Phi) is 13.0. The maximum Gasteiger partial charge on any atom is 3.00 e. The molecular weight excluding hydrogens is 557 g/mol. The molecule has 1 radical (unpaired) electrons. The summed E-state index contributed by atoms with van der Waals surface area (Å²) in [6.07, 6.45) is 4.50. The normalized spacial score (nSPS) is 10.3. The topological polar surface area (TPSA) is 48.5 Å². The largest absolute Gasteiger partial charge is 3.00 e. The van der Waals surface area contributed by atoms with Gasteiger partial charge in [-0.3, -0.25) is 0 Å². The molecule has 3 aromatic heterocycles. The number of benzene rings is 2. The molecule has 3 heterocycles. The maximum absolute atomic E-state index is 5.07. The molecule has 2 aromatic carbocycles. The van der Waals surface area contributed by atoms with Crippen LogP contribution in [0.1, 0.15) is 39.5 Å². The number of imidazole rings is 2. The molecule has 0 aliphatic heterocycles. The number of pyridine rings is 1. The summed E-state index contributed by atoms with van der Waals surface area (Å²) in [5, 5.41) is 0. The van der Waals surface area contributed by atoms with Crippen LogP contribution in [0.25, 0.3) is 45.1 Å². The monoisotopic (exact) mass is 584 g/mol. The Balaban J connectivity index is 0.00000162. The number of aromatic nitrogens is 5. The van der Waals surface area contributed by atoms with E-state index in [-0.39, 0.29) is 54.3 Å². The second kappa shape index (κ2) is 14.6. The van der Waals surface area contributed by atoms with E-state index in [0.717, 1.165) is 72.8 Å². The molecule has 5 nitrogen and oxygen atoms in total. The maximum atomic E-state index is 5.07. The van der Waals surface area contributed by atoms with Crippen LogP contribution in [-0.4, -0.2) is 24.1 Å². The van der Waals surface area contributed by atoms with Crippen LogP contribution in [-0.2, 0) is 30.2 Å². The van der Waals surface area contributed by atoms with Gasteiger partial charge in [0.15, 0.2) is 11.6 Å². The van der Waals surface area contributed by atoms with Crippen molar-refractivity contribution in [2.24, 2.45) is 0 Å². The SMILES string of the molecule is CCCCn1c(-c2cccc(-c3nc4ccccc4n3CCCC)n2)nc2ccccc21.[Cl-].[Cl-].[Cl-].[Fe+3]. The van der Waals surface area contributed by atoms with Crippen molar-refractivity contribution in [3.63, 3.8) is 0 Å². The van der Waals surface area contributed by atoms with E-state index in [2.05, 4.69) is 77.6 Å². The zero-order valence-corrected chi connectivity index (χ0v) is 23.7. The minimum absolute atomic E-state index is 0. The molecule has 9 heteroatoms. The van der Waals surface area contributed by atoms with E-state index in [1.807, 2.05) is 12.1 Å². The van der Waals surface area contributed by atoms with E-state index in [9.17, 15) is 0 Å².